The van der Waals surface area contributed by atoms with Crippen LogP contribution < -0.4 is 10.5 Å². The van der Waals surface area contributed by atoms with Gasteiger partial charge in [0.25, 0.3) is 0 Å². The van der Waals surface area contributed by atoms with Crippen molar-refractivity contribution in [1.29, 1.82) is 5.26 Å². The van der Waals surface area contributed by atoms with Crippen LogP contribution in [0, 0.1) is 11.3 Å². The first-order valence-corrected chi connectivity index (χ1v) is 6.02. The Hall–Kier alpha value is -2.06. The maximum Gasteiger partial charge on any atom is 0.214 e. The molecule has 0 aliphatic rings. The number of hydrogen-bond donors (Lipinski definition) is 1. The Kier molecular flexibility index (Phi) is 3.80. The maximum absolute atomic E-state index is 8.81. The zero-order valence-electron chi connectivity index (χ0n) is 9.43. The second-order valence-electron chi connectivity index (χ2n) is 3.62. The van der Waals surface area contributed by atoms with Crippen molar-refractivity contribution in [3.63, 3.8) is 0 Å². The molecule has 0 radical (unpaired) electrons. The Morgan fingerprint density at radius 3 is 2.89 bits per heavy atom. The summed E-state index contributed by atoms with van der Waals surface area (Å²) in [7, 11) is 0. The minimum atomic E-state index is 0.182. The van der Waals surface area contributed by atoms with E-state index in [0.29, 0.717) is 18.2 Å². The number of nitrogen functional groups attached to an aromatic ring is 1. The molecule has 0 saturated carbocycles. The first-order valence-electron chi connectivity index (χ1n) is 5.23. The molecule has 0 unspecified atom stereocenters. The number of rotatable bonds is 3. The summed E-state index contributed by atoms with van der Waals surface area (Å²) in [5, 5.41) is 8.81. The summed E-state index contributed by atoms with van der Waals surface area (Å²) in [6.45, 7) is 0.390. The lowest BCUT2D eigenvalue weighted by Crippen LogP contribution is -2.00. The van der Waals surface area contributed by atoms with E-state index in [9.17, 15) is 0 Å². The molecule has 0 amide bonds. The van der Waals surface area contributed by atoms with Gasteiger partial charge >= 0.3 is 0 Å². The third-order valence-electron chi connectivity index (χ3n) is 2.28. The van der Waals surface area contributed by atoms with E-state index >= 15 is 0 Å². The SMILES string of the molecule is N#Cc1nc(OCc2cccc(Br)c2)ccc1N. The second kappa shape index (κ2) is 5.52. The van der Waals surface area contributed by atoms with E-state index in [1.54, 1.807) is 12.1 Å². The minimum absolute atomic E-state index is 0.182. The number of hydrogen-bond acceptors (Lipinski definition) is 4. The lowest BCUT2D eigenvalue weighted by atomic mass is 10.2. The Morgan fingerprint density at radius 2 is 2.17 bits per heavy atom. The largest absolute Gasteiger partial charge is 0.473 e. The van der Waals surface area contributed by atoms with Crippen LogP contribution in [-0.2, 0) is 6.61 Å². The van der Waals surface area contributed by atoms with Gasteiger partial charge in [0.1, 0.15) is 12.7 Å². The van der Waals surface area contributed by atoms with E-state index in [-0.39, 0.29) is 5.69 Å². The van der Waals surface area contributed by atoms with Crippen molar-refractivity contribution in [3.8, 4) is 11.9 Å². The fourth-order valence-corrected chi connectivity index (χ4v) is 1.85. The molecular formula is C13H10BrN3O. The van der Waals surface area contributed by atoms with Crippen LogP contribution in [0.4, 0.5) is 5.69 Å². The molecule has 0 aliphatic heterocycles. The van der Waals surface area contributed by atoms with Crippen LogP contribution >= 0.6 is 15.9 Å². The van der Waals surface area contributed by atoms with Crippen molar-refractivity contribution in [3.05, 3.63) is 52.1 Å². The van der Waals surface area contributed by atoms with Gasteiger partial charge in [-0.2, -0.15) is 5.26 Å². The van der Waals surface area contributed by atoms with Gasteiger partial charge in [-0.25, -0.2) is 4.98 Å². The highest BCUT2D eigenvalue weighted by molar-refractivity contribution is 9.10. The van der Waals surface area contributed by atoms with Crippen molar-refractivity contribution in [2.45, 2.75) is 6.61 Å². The summed E-state index contributed by atoms with van der Waals surface area (Å²) >= 11 is 3.39. The van der Waals surface area contributed by atoms with E-state index in [4.69, 9.17) is 15.7 Å². The lowest BCUT2D eigenvalue weighted by molar-refractivity contribution is 0.293. The van der Waals surface area contributed by atoms with Gasteiger partial charge in [-0.05, 0) is 23.8 Å². The third kappa shape index (κ3) is 2.99. The Bertz CT molecular complexity index is 607. The van der Waals surface area contributed by atoms with Crippen LogP contribution in [0.5, 0.6) is 5.88 Å². The molecule has 1 aromatic carbocycles. The lowest BCUT2D eigenvalue weighted by Gasteiger charge is -2.06. The summed E-state index contributed by atoms with van der Waals surface area (Å²) in [5.41, 5.74) is 7.13. The van der Waals surface area contributed by atoms with Crippen LogP contribution in [0.25, 0.3) is 0 Å². The quantitative estimate of drug-likeness (QED) is 0.946. The van der Waals surface area contributed by atoms with E-state index in [1.807, 2.05) is 30.3 Å². The van der Waals surface area contributed by atoms with Gasteiger partial charge in [-0.1, -0.05) is 28.1 Å². The molecule has 90 valence electrons. The normalized spacial score (nSPS) is 9.78. The van der Waals surface area contributed by atoms with Gasteiger partial charge in [0.15, 0.2) is 5.69 Å². The van der Waals surface area contributed by atoms with Crippen molar-refractivity contribution in [2.24, 2.45) is 0 Å². The number of nitrogens with zero attached hydrogens (tertiary/aromatic N) is 2. The molecule has 5 heteroatoms. The number of pyridine rings is 1. The van der Waals surface area contributed by atoms with Crippen molar-refractivity contribution in [2.75, 3.05) is 5.73 Å². The zero-order chi connectivity index (χ0) is 13.0. The number of halogens is 1. The first-order chi connectivity index (χ1) is 8.69. The molecule has 0 spiro atoms. The van der Waals surface area contributed by atoms with Crippen LogP contribution in [0.15, 0.2) is 40.9 Å². The highest BCUT2D eigenvalue weighted by atomic mass is 79.9. The van der Waals surface area contributed by atoms with Crippen molar-refractivity contribution < 1.29 is 4.74 Å². The zero-order valence-corrected chi connectivity index (χ0v) is 11.0. The average Bonchev–Trinajstić information content (AvgIpc) is 2.38. The first kappa shape index (κ1) is 12.4. The molecule has 0 saturated heterocycles. The molecule has 2 rings (SSSR count). The average molecular weight is 304 g/mol. The molecule has 1 heterocycles. The smallest absolute Gasteiger partial charge is 0.214 e. The van der Waals surface area contributed by atoms with Crippen LogP contribution in [0.1, 0.15) is 11.3 Å². The van der Waals surface area contributed by atoms with E-state index < -0.39 is 0 Å². The number of aromatic nitrogens is 1. The molecule has 1 aromatic heterocycles. The van der Waals surface area contributed by atoms with Gasteiger partial charge in [0.05, 0.1) is 5.69 Å². The van der Waals surface area contributed by atoms with E-state index in [1.165, 1.54) is 0 Å². The molecule has 0 aliphatic carbocycles. The Labute approximate surface area is 113 Å². The molecule has 0 fully saturated rings. The molecule has 2 aromatic rings. The molecular weight excluding hydrogens is 294 g/mol. The Morgan fingerprint density at radius 1 is 1.33 bits per heavy atom. The standard InChI is InChI=1S/C13H10BrN3O/c14-10-3-1-2-9(6-10)8-18-13-5-4-11(16)12(7-15)17-13/h1-6H,8,16H2. The minimum Gasteiger partial charge on any atom is -0.473 e. The molecule has 0 bridgehead atoms. The van der Waals surface area contributed by atoms with Crippen molar-refractivity contribution >= 4 is 21.6 Å². The molecule has 0 atom stereocenters. The van der Waals surface area contributed by atoms with E-state index in [0.717, 1.165) is 10.0 Å². The summed E-state index contributed by atoms with van der Waals surface area (Å²) in [6.07, 6.45) is 0. The number of ether oxygens (including phenoxy) is 1. The summed E-state index contributed by atoms with van der Waals surface area (Å²) in [6, 6.07) is 13.0. The monoisotopic (exact) mass is 303 g/mol. The topological polar surface area (TPSA) is 71.9 Å². The fraction of sp³-hybridized carbons (Fsp3) is 0.0769. The number of nitriles is 1. The highest BCUT2D eigenvalue weighted by Crippen LogP contribution is 2.17. The number of anilines is 1. The van der Waals surface area contributed by atoms with Gasteiger partial charge in [-0.3, -0.25) is 0 Å². The number of nitrogens with two attached hydrogens (primary N) is 1. The predicted molar refractivity (Wildman–Crippen MR) is 71.8 cm³/mol. The van der Waals surface area contributed by atoms with Crippen molar-refractivity contribution in [1.82, 2.24) is 4.98 Å². The summed E-state index contributed by atoms with van der Waals surface area (Å²) < 4.78 is 6.50. The van der Waals surface area contributed by atoms with Crippen LogP contribution in [-0.4, -0.2) is 4.98 Å². The number of benzene rings is 1. The van der Waals surface area contributed by atoms with Gasteiger partial charge in [0.2, 0.25) is 5.88 Å². The molecule has 18 heavy (non-hydrogen) atoms. The third-order valence-corrected chi connectivity index (χ3v) is 2.78. The van der Waals surface area contributed by atoms with Crippen LogP contribution in [0.2, 0.25) is 0 Å². The van der Waals surface area contributed by atoms with Gasteiger partial charge in [-0.15, -0.1) is 0 Å². The van der Waals surface area contributed by atoms with Gasteiger partial charge in [0, 0.05) is 10.5 Å². The molecule has 2 N–H and O–H groups in total. The predicted octanol–water partition coefficient (Wildman–Crippen LogP) is 2.88. The Balaban J connectivity index is 2.09. The summed E-state index contributed by atoms with van der Waals surface area (Å²) in [4.78, 5) is 4.01. The summed E-state index contributed by atoms with van der Waals surface area (Å²) in [5.74, 6) is 0.390. The van der Waals surface area contributed by atoms with Crippen LogP contribution in [0.3, 0.4) is 0 Å². The fourth-order valence-electron chi connectivity index (χ4n) is 1.41. The second-order valence-corrected chi connectivity index (χ2v) is 4.53. The maximum atomic E-state index is 8.81. The van der Waals surface area contributed by atoms with Gasteiger partial charge < -0.3 is 10.5 Å². The van der Waals surface area contributed by atoms with E-state index in [2.05, 4.69) is 20.9 Å². The molecule has 4 nitrogen and oxygen atoms in total. The highest BCUT2D eigenvalue weighted by Gasteiger charge is 2.03.